The van der Waals surface area contributed by atoms with Crippen LogP contribution >= 0.6 is 0 Å². The van der Waals surface area contributed by atoms with Crippen LogP contribution in [0.3, 0.4) is 0 Å². The Morgan fingerprint density at radius 2 is 1.47 bits per heavy atom. The zero-order valence-corrected chi connectivity index (χ0v) is 19.4. The molecule has 0 radical (unpaired) electrons. The van der Waals surface area contributed by atoms with Crippen LogP contribution in [0.25, 0.3) is 0 Å². The third-order valence-electron chi connectivity index (χ3n) is 4.41. The number of aliphatic carboxylic acids is 1. The van der Waals surface area contributed by atoms with Crippen LogP contribution in [0.2, 0.25) is 0 Å². The van der Waals surface area contributed by atoms with Crippen LogP contribution in [0.4, 0.5) is 0 Å². The van der Waals surface area contributed by atoms with Gasteiger partial charge in [0.05, 0.1) is 12.6 Å². The lowest BCUT2D eigenvalue weighted by atomic mass is 10.0. The third-order valence-corrected chi connectivity index (χ3v) is 4.41. The first-order valence-electron chi connectivity index (χ1n) is 10.7. The van der Waals surface area contributed by atoms with Crippen LogP contribution in [0.15, 0.2) is 4.99 Å². The predicted molar refractivity (Wildman–Crippen MR) is 121 cm³/mol. The molecule has 0 aliphatic rings. The Morgan fingerprint density at radius 1 is 0.906 bits per heavy atom. The van der Waals surface area contributed by atoms with E-state index >= 15 is 0 Å². The molecule has 3 unspecified atom stereocenters. The number of amides is 3. The van der Waals surface area contributed by atoms with Gasteiger partial charge in [-0.1, -0.05) is 27.7 Å². The molecular formula is C20H39N7O5. The van der Waals surface area contributed by atoms with Crippen molar-refractivity contribution < 1.29 is 24.3 Å². The van der Waals surface area contributed by atoms with E-state index in [0.29, 0.717) is 25.8 Å². The number of guanidine groups is 1. The molecule has 0 aliphatic carbocycles. The van der Waals surface area contributed by atoms with Gasteiger partial charge in [-0.3, -0.25) is 19.4 Å². The number of carbonyl (C=O) groups is 4. The van der Waals surface area contributed by atoms with E-state index in [-0.39, 0.29) is 30.8 Å². The molecule has 3 atom stereocenters. The van der Waals surface area contributed by atoms with E-state index in [4.69, 9.17) is 17.2 Å². The van der Waals surface area contributed by atoms with E-state index in [1.54, 1.807) is 0 Å². The van der Waals surface area contributed by atoms with Gasteiger partial charge in [0, 0.05) is 6.54 Å². The highest BCUT2D eigenvalue weighted by Gasteiger charge is 2.27. The highest BCUT2D eigenvalue weighted by Crippen LogP contribution is 2.09. The smallest absolute Gasteiger partial charge is 0.326 e. The molecule has 0 aromatic rings. The van der Waals surface area contributed by atoms with Gasteiger partial charge < -0.3 is 38.3 Å². The van der Waals surface area contributed by atoms with E-state index < -0.39 is 41.8 Å². The maximum atomic E-state index is 12.6. The van der Waals surface area contributed by atoms with Gasteiger partial charge in [0.2, 0.25) is 17.7 Å². The molecule has 32 heavy (non-hydrogen) atoms. The summed E-state index contributed by atoms with van der Waals surface area (Å²) in [6.07, 6.45) is 1.40. The van der Waals surface area contributed by atoms with E-state index in [0.717, 1.165) is 0 Å². The number of carbonyl (C=O) groups excluding carboxylic acids is 3. The topological polar surface area (TPSA) is 215 Å². The van der Waals surface area contributed by atoms with Crippen LogP contribution in [-0.4, -0.2) is 66.0 Å². The average Bonchev–Trinajstić information content (AvgIpc) is 2.67. The molecule has 12 nitrogen and oxygen atoms in total. The van der Waals surface area contributed by atoms with Gasteiger partial charge in [-0.2, -0.15) is 0 Å². The Hall–Kier alpha value is -2.89. The van der Waals surface area contributed by atoms with Gasteiger partial charge in [0.15, 0.2) is 5.96 Å². The molecule has 0 aromatic carbocycles. The molecule has 0 fully saturated rings. The van der Waals surface area contributed by atoms with Gasteiger partial charge in [-0.05, 0) is 37.5 Å². The van der Waals surface area contributed by atoms with Crippen molar-refractivity contribution >= 4 is 29.7 Å². The molecule has 0 rings (SSSR count). The molecule has 0 saturated carbocycles. The first-order valence-corrected chi connectivity index (χ1v) is 10.7. The molecule has 0 bridgehead atoms. The number of hydrogen-bond acceptors (Lipinski definition) is 6. The van der Waals surface area contributed by atoms with E-state index in [1.807, 2.05) is 27.7 Å². The molecular weight excluding hydrogens is 418 g/mol. The van der Waals surface area contributed by atoms with Crippen molar-refractivity contribution in [2.75, 3.05) is 13.1 Å². The summed E-state index contributed by atoms with van der Waals surface area (Å²) in [6, 6.07) is -2.81. The van der Waals surface area contributed by atoms with Gasteiger partial charge in [-0.25, -0.2) is 4.79 Å². The lowest BCUT2D eigenvalue weighted by Crippen LogP contribution is -2.54. The number of nitrogens with one attached hydrogen (secondary N) is 3. The standard InChI is InChI=1S/C20H39N7O5/c1-11(2)8-14(18(30)27-15(19(31)32)9-12(3)4)26-16(28)10-25-17(29)13(21)6-5-7-24-20(22)23/h11-15H,5-10,21H2,1-4H3,(H,25,29)(H,26,28)(H,27,30)(H,31,32)(H4,22,23,24). The Morgan fingerprint density at radius 3 is 1.97 bits per heavy atom. The number of aliphatic imine (C=N–C) groups is 1. The molecule has 184 valence electrons. The van der Waals surface area contributed by atoms with Crippen molar-refractivity contribution in [3.05, 3.63) is 0 Å². The lowest BCUT2D eigenvalue weighted by Gasteiger charge is -2.23. The minimum atomic E-state index is -1.14. The fourth-order valence-corrected chi connectivity index (χ4v) is 2.86. The Balaban J connectivity index is 4.77. The molecule has 0 aliphatic heterocycles. The second kappa shape index (κ2) is 15.0. The SMILES string of the molecule is CC(C)CC(NC(=O)C(CC(C)C)NC(=O)CNC(=O)C(N)CCCN=C(N)N)C(=O)O. The van der Waals surface area contributed by atoms with Gasteiger partial charge >= 0.3 is 5.97 Å². The van der Waals surface area contributed by atoms with Gasteiger partial charge in [-0.15, -0.1) is 0 Å². The summed E-state index contributed by atoms with van der Waals surface area (Å²) in [5.41, 5.74) is 16.2. The quantitative estimate of drug-likeness (QED) is 0.0882. The van der Waals surface area contributed by atoms with E-state index in [2.05, 4.69) is 20.9 Å². The van der Waals surface area contributed by atoms with Crippen LogP contribution in [0.1, 0.15) is 53.4 Å². The van der Waals surface area contributed by atoms with Gasteiger partial charge in [0.1, 0.15) is 12.1 Å². The lowest BCUT2D eigenvalue weighted by molar-refractivity contribution is -0.142. The monoisotopic (exact) mass is 457 g/mol. The average molecular weight is 458 g/mol. The molecule has 0 aromatic heterocycles. The number of nitrogens with zero attached hydrogens (tertiary/aromatic N) is 1. The second-order valence-corrected chi connectivity index (χ2v) is 8.55. The highest BCUT2D eigenvalue weighted by molar-refractivity contribution is 5.92. The maximum absolute atomic E-state index is 12.6. The highest BCUT2D eigenvalue weighted by atomic mass is 16.4. The summed E-state index contributed by atoms with van der Waals surface area (Å²) in [5, 5.41) is 16.8. The van der Waals surface area contributed by atoms with Crippen molar-refractivity contribution in [3.8, 4) is 0 Å². The molecule has 0 saturated heterocycles. The van der Waals surface area contributed by atoms with Crippen LogP contribution in [0.5, 0.6) is 0 Å². The summed E-state index contributed by atoms with van der Waals surface area (Å²) >= 11 is 0. The van der Waals surface area contributed by atoms with Crippen molar-refractivity contribution in [1.82, 2.24) is 16.0 Å². The zero-order valence-electron chi connectivity index (χ0n) is 19.4. The summed E-state index contributed by atoms with van der Waals surface area (Å²) in [7, 11) is 0. The minimum Gasteiger partial charge on any atom is -0.480 e. The Kier molecular flexibility index (Phi) is 13.6. The fraction of sp³-hybridized carbons (Fsp3) is 0.750. The second-order valence-electron chi connectivity index (χ2n) is 8.55. The van der Waals surface area contributed by atoms with Gasteiger partial charge in [0.25, 0.3) is 0 Å². The molecule has 3 amide bonds. The number of carboxylic acids is 1. The summed E-state index contributed by atoms with van der Waals surface area (Å²) in [6.45, 7) is 7.42. The molecule has 0 heterocycles. The van der Waals surface area contributed by atoms with Crippen LogP contribution in [0, 0.1) is 11.8 Å². The number of rotatable bonds is 15. The molecule has 0 spiro atoms. The first kappa shape index (κ1) is 29.1. The fourth-order valence-electron chi connectivity index (χ4n) is 2.86. The Labute approximate surface area is 189 Å². The number of carboxylic acid groups (broad SMARTS) is 1. The zero-order chi connectivity index (χ0) is 24.8. The van der Waals surface area contributed by atoms with Crippen molar-refractivity contribution in [3.63, 3.8) is 0 Å². The summed E-state index contributed by atoms with van der Waals surface area (Å²) < 4.78 is 0. The molecule has 10 N–H and O–H groups in total. The van der Waals surface area contributed by atoms with Crippen LogP contribution < -0.4 is 33.2 Å². The van der Waals surface area contributed by atoms with E-state index in [9.17, 15) is 24.3 Å². The molecule has 12 heteroatoms. The van der Waals surface area contributed by atoms with E-state index in [1.165, 1.54) is 0 Å². The third kappa shape index (κ3) is 13.4. The number of nitrogens with two attached hydrogens (primary N) is 3. The predicted octanol–water partition coefficient (Wildman–Crippen LogP) is -1.37. The normalized spacial score (nSPS) is 13.7. The summed E-state index contributed by atoms with van der Waals surface area (Å²) in [4.78, 5) is 52.2. The summed E-state index contributed by atoms with van der Waals surface area (Å²) in [5.74, 6) is -2.73. The Bertz CT molecular complexity index is 663. The van der Waals surface area contributed by atoms with Crippen molar-refractivity contribution in [2.45, 2.75) is 71.5 Å². The first-order chi connectivity index (χ1) is 14.8. The number of hydrogen-bond donors (Lipinski definition) is 7. The maximum Gasteiger partial charge on any atom is 0.326 e. The van der Waals surface area contributed by atoms with Crippen LogP contribution in [-0.2, 0) is 19.2 Å². The van der Waals surface area contributed by atoms with Crippen molar-refractivity contribution in [2.24, 2.45) is 34.0 Å². The largest absolute Gasteiger partial charge is 0.480 e. The van der Waals surface area contributed by atoms with Crippen molar-refractivity contribution in [1.29, 1.82) is 0 Å². The minimum absolute atomic E-state index is 0.0430.